The van der Waals surface area contributed by atoms with Gasteiger partial charge in [-0.05, 0) is 12.1 Å². The van der Waals surface area contributed by atoms with Crippen molar-refractivity contribution in [3.8, 4) is 0 Å². The second-order valence-corrected chi connectivity index (χ2v) is 2.66. The molecule has 14 heavy (non-hydrogen) atoms. The highest BCUT2D eigenvalue weighted by atomic mass is 19.4. The van der Waals surface area contributed by atoms with Crippen LogP contribution in [0.25, 0.3) is 0 Å². The van der Waals surface area contributed by atoms with Crippen molar-refractivity contribution in [2.75, 3.05) is 6.61 Å². The van der Waals surface area contributed by atoms with E-state index in [0.717, 1.165) is 12.3 Å². The Bertz CT molecular complexity index is 284. The molecule has 6 heteroatoms. The molecule has 0 spiro atoms. The van der Waals surface area contributed by atoms with Crippen LogP contribution in [0.3, 0.4) is 0 Å². The van der Waals surface area contributed by atoms with E-state index < -0.39 is 11.7 Å². The highest BCUT2D eigenvalue weighted by molar-refractivity contribution is 5.16. The number of alkyl halides is 3. The Balaban J connectivity index is 2.69. The van der Waals surface area contributed by atoms with E-state index in [1.165, 1.54) is 6.07 Å². The predicted molar refractivity (Wildman–Crippen MR) is 43.1 cm³/mol. The van der Waals surface area contributed by atoms with Crippen LogP contribution in [0.15, 0.2) is 18.3 Å². The van der Waals surface area contributed by atoms with Crippen LogP contribution >= 0.6 is 0 Å². The zero-order chi connectivity index (χ0) is 10.6. The van der Waals surface area contributed by atoms with Crippen molar-refractivity contribution in [1.29, 1.82) is 0 Å². The van der Waals surface area contributed by atoms with Gasteiger partial charge in [-0.3, -0.25) is 4.98 Å². The van der Waals surface area contributed by atoms with Gasteiger partial charge in [-0.2, -0.15) is 13.2 Å². The van der Waals surface area contributed by atoms with Gasteiger partial charge >= 0.3 is 6.18 Å². The Labute approximate surface area is 78.6 Å². The van der Waals surface area contributed by atoms with Gasteiger partial charge in [-0.15, -0.1) is 0 Å². The van der Waals surface area contributed by atoms with Crippen molar-refractivity contribution in [3.63, 3.8) is 0 Å². The molecule has 1 aromatic rings. The summed E-state index contributed by atoms with van der Waals surface area (Å²) < 4.78 is 36.3. The molecule has 0 aromatic carbocycles. The Kier molecular flexibility index (Phi) is 3.43. The highest BCUT2D eigenvalue weighted by Crippen LogP contribution is 2.28. The first-order chi connectivity index (χ1) is 6.54. The topological polar surface area (TPSA) is 48.1 Å². The van der Waals surface area contributed by atoms with Gasteiger partial charge in [0.2, 0.25) is 0 Å². The lowest BCUT2D eigenvalue weighted by Crippen LogP contribution is -2.08. The molecule has 0 amide bonds. The van der Waals surface area contributed by atoms with Crippen LogP contribution < -0.4 is 5.90 Å². The molecule has 0 atom stereocenters. The fourth-order valence-corrected chi connectivity index (χ4v) is 0.904. The summed E-state index contributed by atoms with van der Waals surface area (Å²) in [4.78, 5) is 7.91. The molecule has 1 aromatic heterocycles. The van der Waals surface area contributed by atoms with Crippen molar-refractivity contribution in [2.45, 2.75) is 12.6 Å². The van der Waals surface area contributed by atoms with Crippen LogP contribution in [-0.4, -0.2) is 11.6 Å². The molecule has 0 saturated heterocycles. The Hall–Kier alpha value is -1.14. The molecule has 0 bridgehead atoms. The molecule has 0 fully saturated rings. The van der Waals surface area contributed by atoms with Gasteiger partial charge in [0.05, 0.1) is 12.2 Å². The van der Waals surface area contributed by atoms with Crippen LogP contribution in [0, 0.1) is 0 Å². The van der Waals surface area contributed by atoms with Gasteiger partial charge in [-0.1, -0.05) is 0 Å². The molecule has 0 unspecified atom stereocenters. The third-order valence-electron chi connectivity index (χ3n) is 1.63. The van der Waals surface area contributed by atoms with Gasteiger partial charge in [0, 0.05) is 18.3 Å². The fraction of sp³-hybridized carbons (Fsp3) is 0.375. The van der Waals surface area contributed by atoms with Crippen LogP contribution in [0.4, 0.5) is 13.2 Å². The number of aromatic nitrogens is 1. The first kappa shape index (κ1) is 10.9. The van der Waals surface area contributed by atoms with Crippen molar-refractivity contribution < 1.29 is 18.0 Å². The number of nitrogens with two attached hydrogens (primary N) is 1. The van der Waals surface area contributed by atoms with Crippen LogP contribution in [0.1, 0.15) is 11.3 Å². The van der Waals surface area contributed by atoms with E-state index in [1.807, 2.05) is 0 Å². The molecule has 0 aliphatic heterocycles. The summed E-state index contributed by atoms with van der Waals surface area (Å²) in [5.74, 6) is 4.77. The van der Waals surface area contributed by atoms with Crippen LogP contribution in [0.5, 0.6) is 0 Å². The first-order valence-electron chi connectivity index (χ1n) is 3.88. The summed E-state index contributed by atoms with van der Waals surface area (Å²) in [6.07, 6.45) is -3.14. The minimum atomic E-state index is -4.34. The van der Waals surface area contributed by atoms with Crippen molar-refractivity contribution in [2.24, 2.45) is 5.90 Å². The smallest absolute Gasteiger partial charge is 0.304 e. The van der Waals surface area contributed by atoms with Crippen LogP contribution in [0.2, 0.25) is 0 Å². The minimum Gasteiger partial charge on any atom is -0.304 e. The van der Waals surface area contributed by atoms with E-state index in [1.54, 1.807) is 0 Å². The third kappa shape index (κ3) is 2.97. The number of halogens is 3. The summed E-state index contributed by atoms with van der Waals surface area (Å²) in [6, 6.07) is 2.29. The van der Waals surface area contributed by atoms with E-state index in [0.29, 0.717) is 12.1 Å². The number of hydrogen-bond donors (Lipinski definition) is 1. The highest BCUT2D eigenvalue weighted by Gasteiger charge is 2.30. The average Bonchev–Trinajstić information content (AvgIpc) is 2.14. The van der Waals surface area contributed by atoms with Crippen molar-refractivity contribution in [1.82, 2.24) is 4.98 Å². The van der Waals surface area contributed by atoms with Gasteiger partial charge in [0.15, 0.2) is 0 Å². The van der Waals surface area contributed by atoms with Crippen LogP contribution in [-0.2, 0) is 17.4 Å². The molecular formula is C8H9F3N2O. The molecular weight excluding hydrogens is 197 g/mol. The van der Waals surface area contributed by atoms with Gasteiger partial charge in [0.25, 0.3) is 0 Å². The number of rotatable bonds is 3. The normalized spacial score (nSPS) is 11.7. The summed E-state index contributed by atoms with van der Waals surface area (Å²) in [6.45, 7) is 0.234. The van der Waals surface area contributed by atoms with E-state index in [9.17, 15) is 13.2 Å². The van der Waals surface area contributed by atoms with Gasteiger partial charge < -0.3 is 4.84 Å². The zero-order valence-electron chi connectivity index (χ0n) is 7.21. The molecule has 1 rings (SSSR count). The molecule has 2 N–H and O–H groups in total. The second-order valence-electron chi connectivity index (χ2n) is 2.66. The second kappa shape index (κ2) is 4.39. The molecule has 0 aliphatic carbocycles. The molecule has 0 saturated carbocycles. The van der Waals surface area contributed by atoms with Crippen molar-refractivity contribution in [3.05, 3.63) is 29.6 Å². The fourth-order valence-electron chi connectivity index (χ4n) is 0.904. The monoisotopic (exact) mass is 206 g/mol. The lowest BCUT2D eigenvalue weighted by Gasteiger charge is -2.06. The zero-order valence-corrected chi connectivity index (χ0v) is 7.21. The molecule has 78 valence electrons. The number of hydrogen-bond acceptors (Lipinski definition) is 3. The predicted octanol–water partition coefficient (Wildman–Crippen LogP) is 1.53. The Morgan fingerprint density at radius 3 is 2.50 bits per heavy atom. The molecule has 1 heterocycles. The molecule has 3 nitrogen and oxygen atoms in total. The summed E-state index contributed by atoms with van der Waals surface area (Å²) >= 11 is 0. The first-order valence-corrected chi connectivity index (χ1v) is 3.88. The standard InChI is InChI=1S/C8H9F3N2O/c9-8(10,11)6-1-2-7(13-5-6)3-4-14-12/h1-2,5H,3-4,12H2. The minimum absolute atomic E-state index is 0.234. The van der Waals surface area contributed by atoms with E-state index in [4.69, 9.17) is 5.90 Å². The molecule has 0 radical (unpaired) electrons. The third-order valence-corrected chi connectivity index (χ3v) is 1.63. The van der Waals surface area contributed by atoms with E-state index in [2.05, 4.69) is 9.82 Å². The molecule has 0 aliphatic rings. The summed E-state index contributed by atoms with van der Waals surface area (Å²) in [5.41, 5.74) is -0.238. The Morgan fingerprint density at radius 1 is 1.36 bits per heavy atom. The maximum Gasteiger partial charge on any atom is 0.417 e. The summed E-state index contributed by atoms with van der Waals surface area (Å²) in [7, 11) is 0. The van der Waals surface area contributed by atoms with Gasteiger partial charge in [0.1, 0.15) is 0 Å². The maximum atomic E-state index is 12.1. The largest absolute Gasteiger partial charge is 0.417 e. The number of nitrogens with zero attached hydrogens (tertiary/aromatic N) is 1. The Morgan fingerprint density at radius 2 is 2.07 bits per heavy atom. The number of pyridine rings is 1. The average molecular weight is 206 g/mol. The van der Waals surface area contributed by atoms with Gasteiger partial charge in [-0.25, -0.2) is 5.90 Å². The van der Waals surface area contributed by atoms with E-state index in [-0.39, 0.29) is 6.61 Å². The maximum absolute atomic E-state index is 12.1. The quantitative estimate of drug-likeness (QED) is 0.763. The lowest BCUT2D eigenvalue weighted by atomic mass is 10.2. The summed E-state index contributed by atoms with van der Waals surface area (Å²) in [5, 5.41) is 0. The lowest BCUT2D eigenvalue weighted by molar-refractivity contribution is -0.137. The SMILES string of the molecule is NOCCc1ccc(C(F)(F)F)cn1. The van der Waals surface area contributed by atoms with Crippen molar-refractivity contribution >= 4 is 0 Å². The van der Waals surface area contributed by atoms with E-state index >= 15 is 0 Å².